The third kappa shape index (κ3) is 6.45. The fraction of sp³-hybridized carbons (Fsp3) is 0.667. The van der Waals surface area contributed by atoms with Crippen LogP contribution in [0.25, 0.3) is 0 Å². The van der Waals surface area contributed by atoms with Gasteiger partial charge in [0.25, 0.3) is 0 Å². The summed E-state index contributed by atoms with van der Waals surface area (Å²) in [5.41, 5.74) is 5.23. The molecule has 0 saturated heterocycles. The van der Waals surface area contributed by atoms with Crippen molar-refractivity contribution in [3.05, 3.63) is 12.7 Å². The lowest BCUT2D eigenvalue weighted by Gasteiger charge is -2.15. The topological polar surface area (TPSA) is 64.8 Å². The lowest BCUT2D eigenvalue weighted by atomic mass is 10.6. The molecule has 0 aliphatic carbocycles. The summed E-state index contributed by atoms with van der Waals surface area (Å²) >= 11 is 0. The highest BCUT2D eigenvalue weighted by Gasteiger charge is 2.07. The monoisotopic (exact) mass is 202 g/mol. The van der Waals surface area contributed by atoms with Crippen LogP contribution < -0.4 is 5.73 Å². The second-order valence-electron chi connectivity index (χ2n) is 2.69. The second-order valence-corrected chi connectivity index (χ2v) is 2.69. The van der Waals surface area contributed by atoms with Crippen molar-refractivity contribution in [2.75, 3.05) is 40.0 Å². The van der Waals surface area contributed by atoms with E-state index in [4.69, 9.17) is 15.2 Å². The first-order chi connectivity index (χ1) is 6.72. The summed E-state index contributed by atoms with van der Waals surface area (Å²) in [6, 6.07) is 0. The molecule has 0 aromatic rings. The molecule has 0 aliphatic heterocycles. The highest BCUT2D eigenvalue weighted by molar-refractivity contribution is 5.67. The third-order valence-corrected chi connectivity index (χ3v) is 1.47. The first-order valence-corrected chi connectivity index (χ1v) is 4.49. The quantitative estimate of drug-likeness (QED) is 0.473. The average Bonchev–Trinajstić information content (AvgIpc) is 2.20. The van der Waals surface area contributed by atoms with Crippen molar-refractivity contribution in [2.24, 2.45) is 5.73 Å². The van der Waals surface area contributed by atoms with Gasteiger partial charge in [0, 0.05) is 20.1 Å². The van der Waals surface area contributed by atoms with Crippen LogP contribution in [0, 0.1) is 0 Å². The standard InChI is InChI=1S/C9H18N2O3/c1-3-6-14-9(12)11(2)5-8-13-7-4-10/h3H,1,4-8,10H2,2H3. The highest BCUT2D eigenvalue weighted by atomic mass is 16.6. The molecule has 0 atom stereocenters. The fourth-order valence-electron chi connectivity index (χ4n) is 0.719. The number of nitrogens with two attached hydrogens (primary N) is 1. The molecular weight excluding hydrogens is 184 g/mol. The van der Waals surface area contributed by atoms with Gasteiger partial charge in [-0.15, -0.1) is 0 Å². The Labute approximate surface area is 84.5 Å². The van der Waals surface area contributed by atoms with Gasteiger partial charge in [0.05, 0.1) is 13.2 Å². The Bertz CT molecular complexity index is 173. The Balaban J connectivity index is 3.46. The second kappa shape index (κ2) is 8.52. The minimum Gasteiger partial charge on any atom is -0.445 e. The van der Waals surface area contributed by atoms with Crippen molar-refractivity contribution in [1.82, 2.24) is 4.90 Å². The molecule has 5 nitrogen and oxygen atoms in total. The van der Waals surface area contributed by atoms with Gasteiger partial charge < -0.3 is 20.1 Å². The van der Waals surface area contributed by atoms with Gasteiger partial charge in [-0.1, -0.05) is 12.7 Å². The summed E-state index contributed by atoms with van der Waals surface area (Å²) in [4.78, 5) is 12.6. The van der Waals surface area contributed by atoms with Gasteiger partial charge in [-0.3, -0.25) is 0 Å². The Hall–Kier alpha value is -1.07. The van der Waals surface area contributed by atoms with E-state index in [1.54, 1.807) is 7.05 Å². The molecule has 5 heteroatoms. The Morgan fingerprint density at radius 3 is 2.86 bits per heavy atom. The maximum atomic E-state index is 11.1. The van der Waals surface area contributed by atoms with Crippen molar-refractivity contribution >= 4 is 6.09 Å². The number of rotatable bonds is 7. The lowest BCUT2D eigenvalue weighted by molar-refractivity contribution is 0.0917. The number of likely N-dealkylation sites (N-methyl/N-ethyl adjacent to an activating group) is 1. The van der Waals surface area contributed by atoms with E-state index in [1.165, 1.54) is 11.0 Å². The summed E-state index contributed by atoms with van der Waals surface area (Å²) in [6.45, 7) is 5.64. The molecule has 0 rings (SSSR count). The van der Waals surface area contributed by atoms with Gasteiger partial charge in [0.15, 0.2) is 0 Å². The molecule has 2 N–H and O–H groups in total. The van der Waals surface area contributed by atoms with E-state index in [9.17, 15) is 4.79 Å². The SMILES string of the molecule is C=CCOC(=O)N(C)CCOCCN. The Morgan fingerprint density at radius 1 is 1.57 bits per heavy atom. The summed E-state index contributed by atoms with van der Waals surface area (Å²) in [5, 5.41) is 0. The third-order valence-electron chi connectivity index (χ3n) is 1.47. The van der Waals surface area contributed by atoms with Gasteiger partial charge in [0.1, 0.15) is 6.61 Å². The van der Waals surface area contributed by atoms with Crippen LogP contribution in [0.1, 0.15) is 0 Å². The van der Waals surface area contributed by atoms with E-state index in [0.717, 1.165) is 0 Å². The molecule has 14 heavy (non-hydrogen) atoms. The molecule has 0 aliphatic rings. The van der Waals surface area contributed by atoms with Crippen LogP contribution >= 0.6 is 0 Å². The van der Waals surface area contributed by atoms with Crippen LogP contribution in [-0.4, -0.2) is 51.0 Å². The van der Waals surface area contributed by atoms with E-state index in [0.29, 0.717) is 26.3 Å². The molecule has 0 bridgehead atoms. The maximum Gasteiger partial charge on any atom is 0.409 e. The number of amides is 1. The van der Waals surface area contributed by atoms with E-state index < -0.39 is 0 Å². The van der Waals surface area contributed by atoms with Gasteiger partial charge in [0.2, 0.25) is 0 Å². The molecule has 0 saturated carbocycles. The largest absolute Gasteiger partial charge is 0.445 e. The lowest BCUT2D eigenvalue weighted by Crippen LogP contribution is -2.31. The molecule has 82 valence electrons. The van der Waals surface area contributed by atoms with Crippen molar-refractivity contribution in [2.45, 2.75) is 0 Å². The zero-order chi connectivity index (χ0) is 10.8. The average molecular weight is 202 g/mol. The molecular formula is C9H18N2O3. The Morgan fingerprint density at radius 2 is 2.29 bits per heavy atom. The number of carbonyl (C=O) groups excluding carboxylic acids is 1. The highest BCUT2D eigenvalue weighted by Crippen LogP contribution is 1.90. The first-order valence-electron chi connectivity index (χ1n) is 4.49. The van der Waals surface area contributed by atoms with Crippen LogP contribution in [0.15, 0.2) is 12.7 Å². The molecule has 0 radical (unpaired) electrons. The van der Waals surface area contributed by atoms with Crippen molar-refractivity contribution in [3.8, 4) is 0 Å². The van der Waals surface area contributed by atoms with Crippen LogP contribution in [0.2, 0.25) is 0 Å². The zero-order valence-electron chi connectivity index (χ0n) is 8.57. The van der Waals surface area contributed by atoms with Crippen molar-refractivity contribution in [1.29, 1.82) is 0 Å². The number of hydrogen-bond acceptors (Lipinski definition) is 4. The van der Waals surface area contributed by atoms with Gasteiger partial charge in [-0.05, 0) is 0 Å². The number of carbonyl (C=O) groups is 1. The van der Waals surface area contributed by atoms with E-state index in [1.807, 2.05) is 0 Å². The van der Waals surface area contributed by atoms with Crippen LogP contribution in [0.5, 0.6) is 0 Å². The number of nitrogens with zero attached hydrogens (tertiary/aromatic N) is 1. The summed E-state index contributed by atoms with van der Waals surface area (Å²) in [7, 11) is 1.65. The molecule has 1 amide bonds. The number of ether oxygens (including phenoxy) is 2. The predicted molar refractivity (Wildman–Crippen MR) is 54.0 cm³/mol. The first kappa shape index (κ1) is 12.9. The minimum absolute atomic E-state index is 0.229. The van der Waals surface area contributed by atoms with Gasteiger partial charge in [-0.2, -0.15) is 0 Å². The van der Waals surface area contributed by atoms with E-state index in [2.05, 4.69) is 6.58 Å². The number of hydrogen-bond donors (Lipinski definition) is 1. The summed E-state index contributed by atoms with van der Waals surface area (Å²) in [6.07, 6.45) is 1.15. The summed E-state index contributed by atoms with van der Waals surface area (Å²) < 4.78 is 9.91. The minimum atomic E-state index is -0.374. The van der Waals surface area contributed by atoms with Crippen molar-refractivity contribution < 1.29 is 14.3 Å². The normalized spacial score (nSPS) is 9.57. The molecule has 0 unspecified atom stereocenters. The fourth-order valence-corrected chi connectivity index (χ4v) is 0.719. The predicted octanol–water partition coefficient (Wildman–Crippen LogP) is 0.216. The maximum absolute atomic E-state index is 11.1. The molecule has 0 fully saturated rings. The molecule has 0 aromatic heterocycles. The molecule has 0 heterocycles. The van der Waals surface area contributed by atoms with E-state index in [-0.39, 0.29) is 12.7 Å². The van der Waals surface area contributed by atoms with E-state index >= 15 is 0 Å². The smallest absolute Gasteiger partial charge is 0.409 e. The summed E-state index contributed by atoms with van der Waals surface area (Å²) in [5.74, 6) is 0. The zero-order valence-corrected chi connectivity index (χ0v) is 8.57. The molecule has 0 spiro atoms. The van der Waals surface area contributed by atoms with Gasteiger partial charge >= 0.3 is 6.09 Å². The Kier molecular flexibility index (Phi) is 7.87. The van der Waals surface area contributed by atoms with Crippen LogP contribution in [0.3, 0.4) is 0 Å². The van der Waals surface area contributed by atoms with Crippen molar-refractivity contribution in [3.63, 3.8) is 0 Å². The van der Waals surface area contributed by atoms with Crippen LogP contribution in [-0.2, 0) is 9.47 Å². The van der Waals surface area contributed by atoms with Gasteiger partial charge in [-0.25, -0.2) is 4.79 Å². The van der Waals surface area contributed by atoms with Crippen LogP contribution in [0.4, 0.5) is 4.79 Å². The molecule has 0 aromatic carbocycles.